The fraction of sp³-hybridized carbons (Fsp3) is 0.478. The first-order valence-electron chi connectivity index (χ1n) is 11.2. The second-order valence-corrected chi connectivity index (χ2v) is 8.61. The van der Waals surface area contributed by atoms with E-state index >= 15 is 0 Å². The maximum Gasteiger partial charge on any atom is 0.490 e. The molecule has 4 heterocycles. The molecule has 0 aromatic carbocycles. The van der Waals surface area contributed by atoms with E-state index in [1.54, 1.807) is 12.3 Å². The van der Waals surface area contributed by atoms with Gasteiger partial charge in [-0.3, -0.25) is 4.90 Å². The molecule has 214 valence electrons. The van der Waals surface area contributed by atoms with Gasteiger partial charge in [0.15, 0.2) is 0 Å². The molecule has 2 aliphatic heterocycles. The van der Waals surface area contributed by atoms with Gasteiger partial charge in [0.1, 0.15) is 17.6 Å². The number of nitriles is 1. The standard InChI is InChI=1S/C19H22N4O2.2C2HF3O2/c20-10-16-3-1-4-18(21-16)22-17-9-19(25-13-17)6-2-7-23(14-19)11-15-5-8-24-12-15;2*3-2(4,5)1(6)7/h1,3-5,8,12,17H,2,6-7,9,11,13-14H2,(H,21,22);2*(H,6,7). The predicted molar refractivity (Wildman–Crippen MR) is 120 cm³/mol. The van der Waals surface area contributed by atoms with Gasteiger partial charge in [-0.15, -0.1) is 0 Å². The van der Waals surface area contributed by atoms with Crippen molar-refractivity contribution in [1.29, 1.82) is 5.26 Å². The molecule has 0 radical (unpaired) electrons. The maximum atomic E-state index is 10.6. The third kappa shape index (κ3) is 10.4. The van der Waals surface area contributed by atoms with Crippen LogP contribution in [0.2, 0.25) is 0 Å². The summed E-state index contributed by atoms with van der Waals surface area (Å²) >= 11 is 0. The zero-order valence-corrected chi connectivity index (χ0v) is 20.1. The number of ether oxygens (including phenoxy) is 1. The minimum absolute atomic E-state index is 0.0769. The van der Waals surface area contributed by atoms with Gasteiger partial charge in [0.2, 0.25) is 0 Å². The molecule has 2 aromatic heterocycles. The number of carboxylic acids is 2. The molecule has 2 saturated heterocycles. The summed E-state index contributed by atoms with van der Waals surface area (Å²) in [6, 6.07) is 9.80. The van der Waals surface area contributed by atoms with Crippen LogP contribution in [0, 0.1) is 11.3 Å². The van der Waals surface area contributed by atoms with Crippen LogP contribution in [0.15, 0.2) is 41.2 Å². The Morgan fingerprint density at radius 3 is 2.33 bits per heavy atom. The van der Waals surface area contributed by atoms with Gasteiger partial charge in [-0.05, 0) is 37.6 Å². The average Bonchev–Trinajstić information content (AvgIpc) is 3.49. The van der Waals surface area contributed by atoms with Crippen molar-refractivity contribution in [3.63, 3.8) is 0 Å². The fourth-order valence-electron chi connectivity index (χ4n) is 3.97. The third-order valence-corrected chi connectivity index (χ3v) is 5.51. The maximum absolute atomic E-state index is 10.6. The lowest BCUT2D eigenvalue weighted by atomic mass is 9.88. The summed E-state index contributed by atoms with van der Waals surface area (Å²) in [5.41, 5.74) is 1.57. The Morgan fingerprint density at radius 1 is 1.15 bits per heavy atom. The highest BCUT2D eigenvalue weighted by Crippen LogP contribution is 2.36. The number of furan rings is 1. The minimum atomic E-state index is -5.08. The number of alkyl halides is 6. The van der Waals surface area contributed by atoms with Gasteiger partial charge in [0, 0.05) is 25.1 Å². The molecule has 2 unspecified atom stereocenters. The molecule has 4 rings (SSSR count). The summed E-state index contributed by atoms with van der Waals surface area (Å²) in [6.07, 6.45) is -3.42. The van der Waals surface area contributed by atoms with E-state index < -0.39 is 24.3 Å². The van der Waals surface area contributed by atoms with Gasteiger partial charge in [0.05, 0.1) is 30.8 Å². The number of anilines is 1. The summed E-state index contributed by atoms with van der Waals surface area (Å²) in [5, 5.41) is 26.7. The largest absolute Gasteiger partial charge is 0.490 e. The molecule has 2 aliphatic rings. The molecule has 10 nitrogen and oxygen atoms in total. The number of pyridine rings is 1. The molecule has 0 saturated carbocycles. The van der Waals surface area contributed by atoms with Crippen LogP contribution in [0.4, 0.5) is 32.2 Å². The molecular weight excluding hydrogens is 542 g/mol. The summed E-state index contributed by atoms with van der Waals surface area (Å²) in [6.45, 7) is 3.63. The number of piperidine rings is 1. The second kappa shape index (κ2) is 13.3. The molecule has 2 atom stereocenters. The lowest BCUT2D eigenvalue weighted by Crippen LogP contribution is -2.47. The number of carboxylic acid groups (broad SMARTS) is 2. The topological polar surface area (TPSA) is 149 Å². The summed E-state index contributed by atoms with van der Waals surface area (Å²) in [5.74, 6) is -4.77. The van der Waals surface area contributed by atoms with E-state index in [9.17, 15) is 26.3 Å². The van der Waals surface area contributed by atoms with Crippen molar-refractivity contribution in [1.82, 2.24) is 9.88 Å². The van der Waals surface area contributed by atoms with Crippen LogP contribution in [0.5, 0.6) is 0 Å². The number of hydrogen-bond donors (Lipinski definition) is 3. The molecule has 1 spiro atoms. The number of rotatable bonds is 4. The van der Waals surface area contributed by atoms with Crippen molar-refractivity contribution in [3.05, 3.63) is 48.0 Å². The Kier molecular flexibility index (Phi) is 10.7. The molecule has 0 bridgehead atoms. The second-order valence-electron chi connectivity index (χ2n) is 8.61. The Labute approximate surface area is 217 Å². The number of halogens is 6. The molecule has 0 aliphatic carbocycles. The van der Waals surface area contributed by atoms with Crippen LogP contribution in [-0.2, 0) is 20.9 Å². The predicted octanol–water partition coefficient (Wildman–Crippen LogP) is 4.05. The van der Waals surface area contributed by atoms with E-state index in [0.29, 0.717) is 12.3 Å². The Bertz CT molecular complexity index is 1110. The van der Waals surface area contributed by atoms with E-state index in [2.05, 4.69) is 21.3 Å². The van der Waals surface area contributed by atoms with Gasteiger partial charge in [0.25, 0.3) is 0 Å². The number of hydrogen-bond acceptors (Lipinski definition) is 8. The van der Waals surface area contributed by atoms with Gasteiger partial charge >= 0.3 is 24.3 Å². The number of nitrogens with one attached hydrogen (secondary N) is 1. The molecular formula is C23H24F6N4O6. The minimum Gasteiger partial charge on any atom is -0.475 e. The first-order valence-corrected chi connectivity index (χ1v) is 11.2. The van der Waals surface area contributed by atoms with Gasteiger partial charge < -0.3 is 24.7 Å². The van der Waals surface area contributed by atoms with E-state index in [4.69, 9.17) is 34.2 Å². The first-order chi connectivity index (χ1) is 18.1. The zero-order valence-electron chi connectivity index (χ0n) is 20.1. The number of aromatic nitrogens is 1. The van der Waals surface area contributed by atoms with Crippen molar-refractivity contribution < 1.29 is 55.3 Å². The van der Waals surface area contributed by atoms with E-state index in [-0.39, 0.29) is 11.6 Å². The monoisotopic (exact) mass is 566 g/mol. The van der Waals surface area contributed by atoms with Crippen LogP contribution in [0.1, 0.15) is 30.5 Å². The van der Waals surface area contributed by atoms with Gasteiger partial charge in [-0.1, -0.05) is 6.07 Å². The van der Waals surface area contributed by atoms with Crippen molar-refractivity contribution in [2.75, 3.05) is 25.0 Å². The van der Waals surface area contributed by atoms with Gasteiger partial charge in [-0.2, -0.15) is 31.6 Å². The quantitative estimate of drug-likeness (QED) is 0.463. The van der Waals surface area contributed by atoms with Crippen LogP contribution < -0.4 is 5.32 Å². The molecule has 0 amide bonds. The Balaban J connectivity index is 0.000000317. The van der Waals surface area contributed by atoms with Crippen LogP contribution in [0.3, 0.4) is 0 Å². The van der Waals surface area contributed by atoms with Crippen molar-refractivity contribution >= 4 is 17.8 Å². The van der Waals surface area contributed by atoms with Crippen LogP contribution >= 0.6 is 0 Å². The summed E-state index contributed by atoms with van der Waals surface area (Å²) < 4.78 is 74.9. The molecule has 16 heteroatoms. The average molecular weight is 566 g/mol. The highest BCUT2D eigenvalue weighted by Gasteiger charge is 2.43. The van der Waals surface area contributed by atoms with E-state index in [1.165, 1.54) is 5.56 Å². The summed E-state index contributed by atoms with van der Waals surface area (Å²) in [7, 11) is 0. The number of carbonyl (C=O) groups is 2. The highest BCUT2D eigenvalue weighted by atomic mass is 19.4. The smallest absolute Gasteiger partial charge is 0.475 e. The van der Waals surface area contributed by atoms with Crippen LogP contribution in [0.25, 0.3) is 0 Å². The molecule has 2 fully saturated rings. The highest BCUT2D eigenvalue weighted by molar-refractivity contribution is 5.73. The SMILES string of the molecule is N#Cc1cccc(NC2COC3(CCCN(Cc4ccoc4)C3)C2)n1.O=C(O)C(F)(F)F.O=C(O)C(F)(F)F. The van der Waals surface area contributed by atoms with Crippen molar-refractivity contribution in [3.8, 4) is 6.07 Å². The number of likely N-dealkylation sites (tertiary alicyclic amines) is 1. The lowest BCUT2D eigenvalue weighted by Gasteiger charge is -2.39. The van der Waals surface area contributed by atoms with E-state index in [0.717, 1.165) is 44.7 Å². The lowest BCUT2D eigenvalue weighted by molar-refractivity contribution is -0.193. The first kappa shape index (κ1) is 31.4. The number of aliphatic carboxylic acids is 2. The Morgan fingerprint density at radius 2 is 1.79 bits per heavy atom. The fourth-order valence-corrected chi connectivity index (χ4v) is 3.97. The molecule has 2 aromatic rings. The zero-order chi connectivity index (χ0) is 29.3. The molecule has 3 N–H and O–H groups in total. The van der Waals surface area contributed by atoms with Crippen molar-refractivity contribution in [2.24, 2.45) is 0 Å². The number of nitrogens with zero attached hydrogens (tertiary/aromatic N) is 3. The van der Waals surface area contributed by atoms with Crippen LogP contribution in [-0.4, -0.2) is 75.7 Å². The van der Waals surface area contributed by atoms with Crippen molar-refractivity contribution in [2.45, 2.75) is 49.8 Å². The Hall–Kier alpha value is -3.84. The summed E-state index contributed by atoms with van der Waals surface area (Å²) in [4.78, 5) is 24.5. The van der Waals surface area contributed by atoms with Gasteiger partial charge in [-0.25, -0.2) is 14.6 Å². The van der Waals surface area contributed by atoms with E-state index in [1.807, 2.05) is 24.5 Å². The normalized spacial score (nSPS) is 21.1. The molecule has 39 heavy (non-hydrogen) atoms. The third-order valence-electron chi connectivity index (χ3n) is 5.51.